The molecule has 0 saturated heterocycles. The van der Waals surface area contributed by atoms with Crippen molar-refractivity contribution in [3.8, 4) is 11.8 Å². The lowest BCUT2D eigenvalue weighted by Gasteiger charge is -2.11. The predicted octanol–water partition coefficient (Wildman–Crippen LogP) is 2.10. The van der Waals surface area contributed by atoms with Gasteiger partial charge in [-0.15, -0.1) is 0 Å². The van der Waals surface area contributed by atoms with Gasteiger partial charge in [0, 0.05) is 0 Å². The molecule has 80 valence electrons. The Morgan fingerprint density at radius 3 is 2.93 bits per heavy atom. The minimum atomic E-state index is -0.423. The van der Waals surface area contributed by atoms with Crippen molar-refractivity contribution in [3.63, 3.8) is 0 Å². The lowest BCUT2D eigenvalue weighted by molar-refractivity contribution is 0.289. The molecule has 0 heterocycles. The van der Waals surface area contributed by atoms with Crippen molar-refractivity contribution < 1.29 is 9.13 Å². The van der Waals surface area contributed by atoms with Gasteiger partial charge in [0.15, 0.2) is 0 Å². The Hall–Kier alpha value is -1.31. The molecule has 15 heavy (non-hydrogen) atoms. The number of rotatable bonds is 4. The molecule has 0 aliphatic heterocycles. The molecule has 2 N–H and O–H groups in total. The van der Waals surface area contributed by atoms with Crippen molar-refractivity contribution in [1.82, 2.24) is 0 Å². The van der Waals surface area contributed by atoms with E-state index in [0.717, 1.165) is 6.07 Å². The number of hydrogen-bond donors (Lipinski definition) is 1. The molecular weight excluding hydrogens is 219 g/mol. The molecule has 0 bridgehead atoms. The molecular formula is C10H10ClFN2O. The summed E-state index contributed by atoms with van der Waals surface area (Å²) in [5, 5.41) is 8.56. The molecule has 3 nitrogen and oxygen atoms in total. The molecule has 1 atom stereocenters. The van der Waals surface area contributed by atoms with Crippen LogP contribution in [0.2, 0.25) is 5.02 Å². The number of hydrogen-bond acceptors (Lipinski definition) is 3. The molecule has 0 spiro atoms. The van der Waals surface area contributed by atoms with Crippen LogP contribution in [0.3, 0.4) is 0 Å². The van der Waals surface area contributed by atoms with Gasteiger partial charge in [0.25, 0.3) is 0 Å². The molecule has 0 aliphatic carbocycles. The van der Waals surface area contributed by atoms with E-state index in [-0.39, 0.29) is 24.1 Å². The lowest BCUT2D eigenvalue weighted by Crippen LogP contribution is -2.27. The van der Waals surface area contributed by atoms with Gasteiger partial charge in [-0.2, -0.15) is 5.26 Å². The van der Waals surface area contributed by atoms with Crippen LogP contribution in [-0.4, -0.2) is 12.6 Å². The third-order valence-electron chi connectivity index (χ3n) is 1.70. The molecule has 1 aromatic rings. The van der Waals surface area contributed by atoms with E-state index in [2.05, 4.69) is 0 Å². The van der Waals surface area contributed by atoms with Crippen molar-refractivity contribution in [2.45, 2.75) is 12.5 Å². The molecule has 1 rings (SSSR count). The molecule has 5 heteroatoms. The van der Waals surface area contributed by atoms with E-state index in [4.69, 9.17) is 27.3 Å². The normalized spacial score (nSPS) is 11.9. The quantitative estimate of drug-likeness (QED) is 0.859. The first-order valence-corrected chi connectivity index (χ1v) is 4.71. The summed E-state index contributed by atoms with van der Waals surface area (Å²) in [6.07, 6.45) is 0.207. The summed E-state index contributed by atoms with van der Waals surface area (Å²) in [4.78, 5) is 0. The summed E-state index contributed by atoms with van der Waals surface area (Å²) >= 11 is 5.72. The molecule has 0 radical (unpaired) electrons. The number of nitrogens with two attached hydrogens (primary N) is 1. The third-order valence-corrected chi connectivity index (χ3v) is 2.00. The fourth-order valence-electron chi connectivity index (χ4n) is 0.965. The van der Waals surface area contributed by atoms with E-state index < -0.39 is 5.82 Å². The topological polar surface area (TPSA) is 59.0 Å². The van der Waals surface area contributed by atoms with E-state index >= 15 is 0 Å². The zero-order chi connectivity index (χ0) is 11.3. The SMILES string of the molecule is N#CCC(N)COc1ccc(F)cc1Cl. The van der Waals surface area contributed by atoms with Gasteiger partial charge < -0.3 is 10.5 Å². The van der Waals surface area contributed by atoms with Crippen LogP contribution >= 0.6 is 11.6 Å². The molecule has 0 saturated carbocycles. The van der Waals surface area contributed by atoms with Crippen LogP contribution in [-0.2, 0) is 0 Å². The Kier molecular flexibility index (Phi) is 4.35. The van der Waals surface area contributed by atoms with Gasteiger partial charge in [0.2, 0.25) is 0 Å². The Labute approximate surface area is 92.2 Å². The van der Waals surface area contributed by atoms with Gasteiger partial charge in [-0.3, -0.25) is 0 Å². The predicted molar refractivity (Wildman–Crippen MR) is 55.1 cm³/mol. The van der Waals surface area contributed by atoms with Gasteiger partial charge in [-0.1, -0.05) is 11.6 Å². The highest BCUT2D eigenvalue weighted by atomic mass is 35.5. The monoisotopic (exact) mass is 228 g/mol. The summed E-state index contributed by atoms with van der Waals surface area (Å²) in [5.74, 6) is -0.0554. The highest BCUT2D eigenvalue weighted by Crippen LogP contribution is 2.24. The summed E-state index contributed by atoms with van der Waals surface area (Å²) in [6, 6.07) is 5.40. The van der Waals surface area contributed by atoms with Crippen LogP contribution in [0.5, 0.6) is 5.75 Å². The molecule has 0 aliphatic rings. The van der Waals surface area contributed by atoms with Crippen LogP contribution < -0.4 is 10.5 Å². The summed E-state index contributed by atoms with van der Waals surface area (Å²) < 4.78 is 17.9. The van der Waals surface area contributed by atoms with Gasteiger partial charge >= 0.3 is 0 Å². The smallest absolute Gasteiger partial charge is 0.138 e. The maximum Gasteiger partial charge on any atom is 0.138 e. The second-order valence-corrected chi connectivity index (χ2v) is 3.42. The Balaban J connectivity index is 2.55. The number of benzene rings is 1. The standard InChI is InChI=1S/C10H10ClFN2O/c11-9-5-7(12)1-2-10(9)15-6-8(14)3-4-13/h1-2,5,8H,3,6,14H2. The second kappa shape index (κ2) is 5.54. The van der Waals surface area contributed by atoms with Crippen molar-refractivity contribution in [2.24, 2.45) is 5.73 Å². The Bertz CT molecular complexity index is 378. The Morgan fingerprint density at radius 1 is 1.60 bits per heavy atom. The number of nitrogens with zero attached hydrogens (tertiary/aromatic N) is 1. The van der Waals surface area contributed by atoms with E-state index in [1.165, 1.54) is 12.1 Å². The van der Waals surface area contributed by atoms with Crippen LogP contribution in [0.1, 0.15) is 6.42 Å². The average Bonchev–Trinajstić information content (AvgIpc) is 2.17. The van der Waals surface area contributed by atoms with Crippen molar-refractivity contribution >= 4 is 11.6 Å². The highest BCUT2D eigenvalue weighted by molar-refractivity contribution is 6.32. The van der Waals surface area contributed by atoms with Crippen LogP contribution in [0.4, 0.5) is 4.39 Å². The van der Waals surface area contributed by atoms with E-state index in [1.54, 1.807) is 0 Å². The van der Waals surface area contributed by atoms with Crippen LogP contribution in [0.15, 0.2) is 18.2 Å². The fourth-order valence-corrected chi connectivity index (χ4v) is 1.19. The number of halogens is 2. The zero-order valence-corrected chi connectivity index (χ0v) is 8.67. The summed E-state index contributed by atoms with van der Waals surface area (Å²) in [6.45, 7) is 0.179. The number of nitriles is 1. The maximum atomic E-state index is 12.7. The molecule has 1 aromatic carbocycles. The van der Waals surface area contributed by atoms with Crippen LogP contribution in [0.25, 0.3) is 0 Å². The Morgan fingerprint density at radius 2 is 2.33 bits per heavy atom. The number of ether oxygens (including phenoxy) is 1. The van der Waals surface area contributed by atoms with Crippen molar-refractivity contribution in [3.05, 3.63) is 29.0 Å². The van der Waals surface area contributed by atoms with Gasteiger partial charge in [-0.25, -0.2) is 4.39 Å². The van der Waals surface area contributed by atoms with Crippen molar-refractivity contribution in [1.29, 1.82) is 5.26 Å². The summed E-state index contributed by atoms with van der Waals surface area (Å²) in [5.41, 5.74) is 5.55. The first-order chi connectivity index (χ1) is 7.13. The maximum absolute atomic E-state index is 12.7. The van der Waals surface area contributed by atoms with Gasteiger partial charge in [0.05, 0.1) is 23.6 Å². The average molecular weight is 229 g/mol. The molecule has 0 aromatic heterocycles. The molecule has 0 amide bonds. The van der Waals surface area contributed by atoms with Crippen LogP contribution in [0, 0.1) is 17.1 Å². The molecule has 1 unspecified atom stereocenters. The fraction of sp³-hybridized carbons (Fsp3) is 0.300. The minimum Gasteiger partial charge on any atom is -0.490 e. The van der Waals surface area contributed by atoms with Crippen molar-refractivity contribution in [2.75, 3.05) is 6.61 Å². The lowest BCUT2D eigenvalue weighted by atomic mass is 10.2. The van der Waals surface area contributed by atoms with E-state index in [0.29, 0.717) is 5.75 Å². The largest absolute Gasteiger partial charge is 0.490 e. The third kappa shape index (κ3) is 3.74. The minimum absolute atomic E-state index is 0.179. The first-order valence-electron chi connectivity index (χ1n) is 4.34. The second-order valence-electron chi connectivity index (χ2n) is 3.01. The van der Waals surface area contributed by atoms with Gasteiger partial charge in [-0.05, 0) is 18.2 Å². The highest BCUT2D eigenvalue weighted by Gasteiger charge is 2.06. The van der Waals surface area contributed by atoms with Gasteiger partial charge in [0.1, 0.15) is 18.2 Å². The zero-order valence-electron chi connectivity index (χ0n) is 7.91. The summed E-state index contributed by atoms with van der Waals surface area (Å²) in [7, 11) is 0. The molecule has 0 fully saturated rings. The first kappa shape index (κ1) is 11.8. The van der Waals surface area contributed by atoms with E-state index in [9.17, 15) is 4.39 Å². The van der Waals surface area contributed by atoms with E-state index in [1.807, 2.05) is 6.07 Å².